The zero-order chi connectivity index (χ0) is 21.1. The lowest BCUT2D eigenvalue weighted by atomic mass is 10.0. The number of hydrogen-bond acceptors (Lipinski definition) is 3. The third kappa shape index (κ3) is 8.44. The zero-order valence-corrected chi connectivity index (χ0v) is 18.6. The summed E-state index contributed by atoms with van der Waals surface area (Å²) in [7, 11) is 1.69. The van der Waals surface area contributed by atoms with Gasteiger partial charge in [0.05, 0.1) is 6.54 Å². The Bertz CT molecular complexity index is 633. The van der Waals surface area contributed by atoms with Crippen molar-refractivity contribution < 1.29 is 4.79 Å². The second-order valence-electron chi connectivity index (χ2n) is 8.13. The van der Waals surface area contributed by atoms with Gasteiger partial charge in [0.1, 0.15) is 0 Å². The van der Waals surface area contributed by atoms with Crippen LogP contribution in [0.2, 0.25) is 0 Å². The number of likely N-dealkylation sites (N-methyl/N-ethyl adjacent to an activating group) is 1. The molecule has 1 saturated heterocycles. The van der Waals surface area contributed by atoms with Gasteiger partial charge in [-0.05, 0) is 49.7 Å². The van der Waals surface area contributed by atoms with Gasteiger partial charge in [-0.2, -0.15) is 0 Å². The molecule has 0 atom stereocenters. The van der Waals surface area contributed by atoms with E-state index in [2.05, 4.69) is 65.9 Å². The highest BCUT2D eigenvalue weighted by atomic mass is 16.1. The van der Waals surface area contributed by atoms with Crippen molar-refractivity contribution in [3.05, 3.63) is 35.4 Å². The molecule has 0 aromatic heterocycles. The van der Waals surface area contributed by atoms with Gasteiger partial charge in [-0.15, -0.1) is 0 Å². The predicted octanol–water partition coefficient (Wildman–Crippen LogP) is 2.51. The van der Waals surface area contributed by atoms with Gasteiger partial charge in [0, 0.05) is 39.3 Å². The summed E-state index contributed by atoms with van der Waals surface area (Å²) in [6.07, 6.45) is 4.16. The lowest BCUT2D eigenvalue weighted by molar-refractivity contribution is -0.122. The minimum absolute atomic E-state index is 0.0881. The van der Waals surface area contributed by atoms with Crippen LogP contribution in [-0.4, -0.2) is 62.6 Å². The fraction of sp³-hybridized carbons (Fsp3) is 0.652. The number of benzene rings is 1. The van der Waals surface area contributed by atoms with Crippen LogP contribution >= 0.6 is 0 Å². The number of aliphatic imine (C=N–C) groups is 1. The monoisotopic (exact) mass is 401 g/mol. The molecule has 1 fully saturated rings. The summed E-state index contributed by atoms with van der Waals surface area (Å²) < 4.78 is 0. The van der Waals surface area contributed by atoms with Crippen LogP contribution in [0.1, 0.15) is 57.1 Å². The highest BCUT2D eigenvalue weighted by molar-refractivity contribution is 5.80. The molecule has 0 saturated carbocycles. The quantitative estimate of drug-likeness (QED) is 0.338. The summed E-state index contributed by atoms with van der Waals surface area (Å²) in [4.78, 5) is 18.5. The van der Waals surface area contributed by atoms with Crippen LogP contribution in [0.3, 0.4) is 0 Å². The molecular weight excluding hydrogens is 362 g/mol. The van der Waals surface area contributed by atoms with Crippen molar-refractivity contribution >= 4 is 11.9 Å². The summed E-state index contributed by atoms with van der Waals surface area (Å²) >= 11 is 0. The van der Waals surface area contributed by atoms with Gasteiger partial charge in [-0.1, -0.05) is 38.1 Å². The van der Waals surface area contributed by atoms with Crippen molar-refractivity contribution in [1.29, 1.82) is 0 Å². The molecule has 1 aliphatic heterocycles. The van der Waals surface area contributed by atoms with Gasteiger partial charge in [0.25, 0.3) is 0 Å². The number of likely N-dealkylation sites (tertiary alicyclic amines) is 1. The summed E-state index contributed by atoms with van der Waals surface area (Å²) in [5, 5.41) is 9.63. The summed E-state index contributed by atoms with van der Waals surface area (Å²) in [5.74, 6) is 1.58. The van der Waals surface area contributed by atoms with E-state index in [0.29, 0.717) is 18.5 Å². The Hall–Kier alpha value is -2.08. The maximum atomic E-state index is 11.5. The van der Waals surface area contributed by atoms with Crippen molar-refractivity contribution in [1.82, 2.24) is 20.9 Å². The molecule has 0 radical (unpaired) electrons. The van der Waals surface area contributed by atoms with Crippen molar-refractivity contribution in [2.45, 2.75) is 58.4 Å². The van der Waals surface area contributed by atoms with Gasteiger partial charge < -0.3 is 16.0 Å². The number of carbonyl (C=O) groups is 1. The molecular formula is C23H39N5O. The fourth-order valence-electron chi connectivity index (χ4n) is 3.57. The highest BCUT2D eigenvalue weighted by Gasteiger charge is 2.21. The van der Waals surface area contributed by atoms with Gasteiger partial charge in [0.15, 0.2) is 5.96 Å². The van der Waals surface area contributed by atoms with Crippen LogP contribution in [0.5, 0.6) is 0 Å². The molecule has 0 aliphatic carbocycles. The molecule has 1 heterocycles. The minimum Gasteiger partial charge on any atom is -0.358 e. The summed E-state index contributed by atoms with van der Waals surface area (Å²) in [6, 6.07) is 9.39. The molecule has 1 aromatic rings. The normalized spacial score (nSPS) is 16.1. The number of nitrogens with one attached hydrogen (secondary N) is 3. The van der Waals surface area contributed by atoms with Gasteiger partial charge in [0.2, 0.25) is 5.91 Å². The Balaban J connectivity index is 1.74. The summed E-state index contributed by atoms with van der Waals surface area (Å²) in [6.45, 7) is 10.6. The lowest BCUT2D eigenvalue weighted by Gasteiger charge is -2.32. The number of nitrogens with zero attached hydrogens (tertiary/aromatic N) is 2. The van der Waals surface area contributed by atoms with Crippen molar-refractivity contribution in [3.8, 4) is 0 Å². The molecule has 1 aliphatic rings. The Morgan fingerprint density at radius 3 is 2.48 bits per heavy atom. The molecule has 6 nitrogen and oxygen atoms in total. The Labute approximate surface area is 176 Å². The van der Waals surface area contributed by atoms with Crippen LogP contribution in [0.15, 0.2) is 29.3 Å². The first kappa shape index (κ1) is 23.2. The van der Waals surface area contributed by atoms with Crippen LogP contribution in [0.25, 0.3) is 0 Å². The maximum Gasteiger partial charge on any atom is 0.233 e. The van der Waals surface area contributed by atoms with Gasteiger partial charge in [-0.25, -0.2) is 0 Å². The SMILES string of the molecule is CCNC(=NCCCc1ccc(C(C)C)cc1)NC1CCN(CC(=O)NC)CC1. The van der Waals surface area contributed by atoms with E-state index >= 15 is 0 Å². The first-order chi connectivity index (χ1) is 14.0. The second kappa shape index (κ2) is 12.5. The number of amides is 1. The van der Waals surface area contributed by atoms with E-state index in [0.717, 1.165) is 57.8 Å². The zero-order valence-electron chi connectivity index (χ0n) is 18.6. The summed E-state index contributed by atoms with van der Waals surface area (Å²) in [5.41, 5.74) is 2.78. The Morgan fingerprint density at radius 1 is 1.21 bits per heavy atom. The van der Waals surface area contributed by atoms with Crippen LogP contribution < -0.4 is 16.0 Å². The van der Waals surface area contributed by atoms with Crippen LogP contribution in [-0.2, 0) is 11.2 Å². The number of carbonyl (C=O) groups excluding carboxylic acids is 1. The number of piperidine rings is 1. The Kier molecular flexibility index (Phi) is 9.98. The molecule has 0 bridgehead atoms. The minimum atomic E-state index is 0.0881. The van der Waals surface area contributed by atoms with Gasteiger partial charge in [-0.3, -0.25) is 14.7 Å². The molecule has 29 heavy (non-hydrogen) atoms. The molecule has 162 valence electrons. The van der Waals surface area contributed by atoms with Crippen molar-refractivity contribution in [2.75, 3.05) is 39.8 Å². The lowest BCUT2D eigenvalue weighted by Crippen LogP contribution is -2.50. The van der Waals surface area contributed by atoms with Gasteiger partial charge >= 0.3 is 0 Å². The first-order valence-electron chi connectivity index (χ1n) is 11.1. The smallest absolute Gasteiger partial charge is 0.233 e. The van der Waals surface area contributed by atoms with Crippen molar-refractivity contribution in [2.24, 2.45) is 4.99 Å². The average molecular weight is 402 g/mol. The van der Waals surface area contributed by atoms with E-state index in [9.17, 15) is 4.79 Å². The molecule has 2 rings (SSSR count). The van der Waals surface area contributed by atoms with E-state index in [-0.39, 0.29) is 5.91 Å². The van der Waals surface area contributed by atoms with E-state index < -0.39 is 0 Å². The predicted molar refractivity (Wildman–Crippen MR) is 121 cm³/mol. The van der Waals surface area contributed by atoms with E-state index in [1.807, 2.05) is 0 Å². The maximum absolute atomic E-state index is 11.5. The third-order valence-corrected chi connectivity index (χ3v) is 5.46. The van der Waals surface area contributed by atoms with Crippen LogP contribution in [0, 0.1) is 0 Å². The molecule has 1 amide bonds. The van der Waals surface area contributed by atoms with E-state index in [4.69, 9.17) is 4.99 Å². The Morgan fingerprint density at radius 2 is 1.90 bits per heavy atom. The average Bonchev–Trinajstić information content (AvgIpc) is 2.73. The molecule has 6 heteroatoms. The van der Waals surface area contributed by atoms with Crippen molar-refractivity contribution in [3.63, 3.8) is 0 Å². The van der Waals surface area contributed by atoms with Crippen LogP contribution in [0.4, 0.5) is 0 Å². The molecule has 0 spiro atoms. The first-order valence-corrected chi connectivity index (χ1v) is 11.1. The largest absolute Gasteiger partial charge is 0.358 e. The second-order valence-corrected chi connectivity index (χ2v) is 8.13. The topological polar surface area (TPSA) is 68.8 Å². The standard InChI is InChI=1S/C23H39N5O/c1-5-25-23(27-21-12-15-28(16-13-21)17-22(29)24-4)26-14-6-7-19-8-10-20(11-9-19)18(2)3/h8-11,18,21H,5-7,12-17H2,1-4H3,(H,24,29)(H2,25,26,27). The number of aryl methyl sites for hydroxylation is 1. The third-order valence-electron chi connectivity index (χ3n) is 5.46. The van der Waals surface area contributed by atoms with E-state index in [1.165, 1.54) is 11.1 Å². The number of rotatable bonds is 9. The van der Waals surface area contributed by atoms with E-state index in [1.54, 1.807) is 7.05 Å². The molecule has 1 aromatic carbocycles. The fourth-order valence-corrected chi connectivity index (χ4v) is 3.57. The number of guanidine groups is 1. The highest BCUT2D eigenvalue weighted by Crippen LogP contribution is 2.15. The number of hydrogen-bond donors (Lipinski definition) is 3. The molecule has 3 N–H and O–H groups in total. The molecule has 0 unspecified atom stereocenters.